The highest BCUT2D eigenvalue weighted by Crippen LogP contribution is 1.79. The second kappa shape index (κ2) is 2.23. The zero-order valence-electron chi connectivity index (χ0n) is 4.63. The van der Waals surface area contributed by atoms with E-state index in [4.69, 9.17) is 0 Å². The molecule has 10 heavy (non-hydrogen) atoms. The first-order chi connectivity index (χ1) is 4.58. The summed E-state index contributed by atoms with van der Waals surface area (Å²) in [6.07, 6.45) is 2.10. The molecule has 8 heteroatoms. The number of hydrogen-bond donors (Lipinski definition) is 1. The Morgan fingerprint density at radius 1 is 1.40 bits per heavy atom. The van der Waals surface area contributed by atoms with Crippen LogP contribution in [0.15, 0.2) is 12.7 Å². The third-order valence-corrected chi connectivity index (χ3v) is 1.07. The second-order valence-corrected chi connectivity index (χ2v) is 2.51. The molecule has 0 spiro atoms. The quantitative estimate of drug-likeness (QED) is 0.523. The van der Waals surface area contributed by atoms with Gasteiger partial charge in [-0.1, -0.05) is 0 Å². The van der Waals surface area contributed by atoms with Crippen molar-refractivity contribution in [1.82, 2.24) is 14.9 Å². The van der Waals surface area contributed by atoms with Gasteiger partial charge in [0.15, 0.2) is 10.3 Å². The van der Waals surface area contributed by atoms with E-state index in [-0.39, 0.29) is 0 Å². The summed E-state index contributed by atoms with van der Waals surface area (Å²) in [5.74, 6) is 0. The number of nitrogens with one attached hydrogen (secondary N) is 1. The van der Waals surface area contributed by atoms with Gasteiger partial charge in [-0.05, 0) is 0 Å². The molecule has 56 valence electrons. The van der Waals surface area contributed by atoms with Crippen LogP contribution in [0.4, 0.5) is 0 Å². The summed E-state index contributed by atoms with van der Waals surface area (Å²) in [6, 6.07) is 0. The zero-order chi connectivity index (χ0) is 7.61. The predicted octanol–water partition coefficient (Wildman–Crippen LogP) is -1.72. The van der Waals surface area contributed by atoms with Crippen molar-refractivity contribution in [2.75, 3.05) is 4.83 Å². The summed E-state index contributed by atoms with van der Waals surface area (Å²) in [5, 5.41) is 6.51. The second-order valence-electron chi connectivity index (χ2n) is 1.41. The molecule has 0 unspecified atom stereocenters. The lowest BCUT2D eigenvalue weighted by molar-refractivity contribution is 0.463. The van der Waals surface area contributed by atoms with Crippen LogP contribution in [0, 0.1) is 0 Å². The number of hydrogen-bond acceptors (Lipinski definition) is 5. The first kappa shape index (κ1) is 6.96. The van der Waals surface area contributed by atoms with Gasteiger partial charge in [0.1, 0.15) is 12.7 Å². The molecule has 0 fully saturated rings. The topological polar surface area (TPSA) is 99.9 Å². The van der Waals surface area contributed by atoms with Gasteiger partial charge >= 0.3 is 0 Å². The van der Waals surface area contributed by atoms with E-state index >= 15 is 0 Å². The van der Waals surface area contributed by atoms with Gasteiger partial charge in [0, 0.05) is 0 Å². The third-order valence-electron chi connectivity index (χ3n) is 0.636. The molecular formula is C2H3N4O3S-. The van der Waals surface area contributed by atoms with Crippen LogP contribution in [0.5, 0.6) is 0 Å². The van der Waals surface area contributed by atoms with Crippen molar-refractivity contribution in [2.24, 2.45) is 0 Å². The third kappa shape index (κ3) is 1.99. The van der Waals surface area contributed by atoms with E-state index in [1.165, 1.54) is 0 Å². The lowest BCUT2D eigenvalue weighted by Gasteiger charge is -2.08. The zero-order valence-corrected chi connectivity index (χ0v) is 5.45. The molecule has 0 saturated heterocycles. The summed E-state index contributed by atoms with van der Waals surface area (Å²) < 4.78 is 30.7. The standard InChI is InChI=1S/C2H4N4O3S/c7-10(8,9)5-6-1-3-4-2-6/h1-2,5H,(H,7,8,9)/p-1. The molecule has 1 rings (SSSR count). The number of rotatable bonds is 2. The van der Waals surface area contributed by atoms with Gasteiger partial charge in [0.25, 0.3) is 0 Å². The average molecular weight is 163 g/mol. The van der Waals surface area contributed by atoms with Crippen LogP contribution in [-0.4, -0.2) is 27.8 Å². The first-order valence-corrected chi connectivity index (χ1v) is 3.57. The molecule has 0 saturated carbocycles. The highest BCUT2D eigenvalue weighted by Gasteiger charge is 1.91. The molecule has 0 aliphatic carbocycles. The average Bonchev–Trinajstić information content (AvgIpc) is 2.12. The molecule has 0 bridgehead atoms. The Balaban J connectivity index is 2.75. The minimum Gasteiger partial charge on any atom is -0.730 e. The minimum atomic E-state index is -4.46. The van der Waals surface area contributed by atoms with Gasteiger partial charge in [-0.15, -0.1) is 10.2 Å². The Morgan fingerprint density at radius 3 is 2.30 bits per heavy atom. The Kier molecular flexibility index (Phi) is 1.55. The SMILES string of the molecule is O=S(=O)([O-])Nn1cnnc1. The fourth-order valence-electron chi connectivity index (χ4n) is 0.377. The van der Waals surface area contributed by atoms with Crippen LogP contribution in [0.1, 0.15) is 0 Å². The molecule has 1 aromatic rings. The van der Waals surface area contributed by atoms with Crippen molar-refractivity contribution >= 4 is 10.3 Å². The maximum atomic E-state index is 9.96. The van der Waals surface area contributed by atoms with Crippen LogP contribution in [0.25, 0.3) is 0 Å². The molecule has 0 atom stereocenters. The van der Waals surface area contributed by atoms with Crippen molar-refractivity contribution in [3.8, 4) is 0 Å². The van der Waals surface area contributed by atoms with E-state index in [0.29, 0.717) is 0 Å². The molecule has 1 aromatic heterocycles. The van der Waals surface area contributed by atoms with Crippen molar-refractivity contribution in [3.05, 3.63) is 12.7 Å². The van der Waals surface area contributed by atoms with Crippen molar-refractivity contribution in [3.63, 3.8) is 0 Å². The lowest BCUT2D eigenvalue weighted by atomic mass is 11.3. The van der Waals surface area contributed by atoms with Gasteiger partial charge in [-0.2, -0.15) is 0 Å². The Hall–Kier alpha value is -1.15. The van der Waals surface area contributed by atoms with E-state index in [1.807, 2.05) is 0 Å². The smallest absolute Gasteiger partial charge is 0.195 e. The minimum absolute atomic E-state index is 0.836. The molecule has 0 radical (unpaired) electrons. The number of nitrogens with zero attached hydrogens (tertiary/aromatic N) is 3. The molecule has 0 aromatic carbocycles. The van der Waals surface area contributed by atoms with Crippen LogP contribution in [0.3, 0.4) is 0 Å². The van der Waals surface area contributed by atoms with Gasteiger partial charge in [0.2, 0.25) is 0 Å². The predicted molar refractivity (Wildman–Crippen MR) is 29.1 cm³/mol. The lowest BCUT2D eigenvalue weighted by Crippen LogP contribution is -2.20. The van der Waals surface area contributed by atoms with Gasteiger partial charge in [-0.25, -0.2) is 17.9 Å². The van der Waals surface area contributed by atoms with Crippen molar-refractivity contribution in [2.45, 2.75) is 0 Å². The highest BCUT2D eigenvalue weighted by atomic mass is 32.2. The summed E-state index contributed by atoms with van der Waals surface area (Å²) in [5.41, 5.74) is 0. The summed E-state index contributed by atoms with van der Waals surface area (Å²) in [4.78, 5) is 1.57. The monoisotopic (exact) mass is 163 g/mol. The van der Waals surface area contributed by atoms with E-state index in [1.54, 1.807) is 4.83 Å². The summed E-state index contributed by atoms with van der Waals surface area (Å²) in [6.45, 7) is 0. The van der Waals surface area contributed by atoms with Crippen molar-refractivity contribution in [1.29, 1.82) is 0 Å². The van der Waals surface area contributed by atoms with Gasteiger partial charge in [0.05, 0.1) is 0 Å². The maximum Gasteiger partial charge on any atom is 0.195 e. The van der Waals surface area contributed by atoms with E-state index in [9.17, 15) is 13.0 Å². The van der Waals surface area contributed by atoms with Gasteiger partial charge < -0.3 is 4.55 Å². The van der Waals surface area contributed by atoms with Crippen LogP contribution in [0.2, 0.25) is 0 Å². The summed E-state index contributed by atoms with van der Waals surface area (Å²) in [7, 11) is -4.46. The Morgan fingerprint density at radius 2 is 1.90 bits per heavy atom. The largest absolute Gasteiger partial charge is 0.730 e. The van der Waals surface area contributed by atoms with Crippen LogP contribution >= 0.6 is 0 Å². The maximum absolute atomic E-state index is 9.96. The molecule has 0 aliphatic rings. The fourth-order valence-corrected chi connectivity index (χ4v) is 0.729. The van der Waals surface area contributed by atoms with Crippen LogP contribution < -0.4 is 4.83 Å². The molecular weight excluding hydrogens is 160 g/mol. The first-order valence-electron chi connectivity index (χ1n) is 2.16. The van der Waals surface area contributed by atoms with Crippen LogP contribution in [-0.2, 0) is 10.3 Å². The molecule has 1 N–H and O–H groups in total. The highest BCUT2D eigenvalue weighted by molar-refractivity contribution is 7.86. The fraction of sp³-hybridized carbons (Fsp3) is 0. The Labute approximate surface area is 56.5 Å². The number of aromatic nitrogens is 3. The Bertz CT molecular complexity index is 288. The summed E-state index contributed by atoms with van der Waals surface area (Å²) >= 11 is 0. The van der Waals surface area contributed by atoms with Crippen molar-refractivity contribution < 1.29 is 13.0 Å². The normalized spacial score (nSPS) is 11.3. The van der Waals surface area contributed by atoms with E-state index in [2.05, 4.69) is 10.2 Å². The van der Waals surface area contributed by atoms with E-state index < -0.39 is 10.3 Å². The van der Waals surface area contributed by atoms with E-state index in [0.717, 1.165) is 17.3 Å². The van der Waals surface area contributed by atoms with Gasteiger partial charge in [-0.3, -0.25) is 0 Å². The molecule has 0 amide bonds. The molecule has 7 nitrogen and oxygen atoms in total. The molecule has 0 aliphatic heterocycles. The molecule has 1 heterocycles.